The third-order valence-corrected chi connectivity index (χ3v) is 18.7. The van der Waals surface area contributed by atoms with Gasteiger partial charge in [-0.2, -0.15) is 0 Å². The normalized spacial score (nSPS) is 19.8. The Bertz CT molecular complexity index is 1230. The molecule has 7 aliphatic rings. The Morgan fingerprint density at radius 1 is 0.341 bits per heavy atom. The SMILES string of the molecule is CC.CC.CC.CC(C)(C)C.CC(C)C.CC1CC(C)(C)CC(C)(C)C1.CC1CCC(C)(C)CC1.CC1CCC2(CCCCC2)CC1.CC1CCCC1.CC1CCCCC1.CCC.CCC(C)(C)C.CCC(C)(C)C.CCC(C)C.CCC1CCCC1.CCCC. The smallest absolute Gasteiger partial charge is 0.0297 e. The van der Waals surface area contributed by atoms with E-state index in [0.29, 0.717) is 32.5 Å². The first-order chi connectivity index (χ1) is 41.9. The van der Waals surface area contributed by atoms with Crippen LogP contribution in [0.1, 0.15) is 508 Å². The van der Waals surface area contributed by atoms with E-state index in [2.05, 4.69) is 235 Å². The third kappa shape index (κ3) is 101. The van der Waals surface area contributed by atoms with E-state index in [9.17, 15) is 0 Å². The Balaban J connectivity index is -0.000000115. The van der Waals surface area contributed by atoms with Crippen LogP contribution in [0.2, 0.25) is 0 Å². The summed E-state index contributed by atoms with van der Waals surface area (Å²) >= 11 is 0. The van der Waals surface area contributed by atoms with Crippen LogP contribution in [0.5, 0.6) is 0 Å². The molecule has 564 valence electrons. The maximum absolute atomic E-state index is 2.43. The second-order valence-electron chi connectivity index (χ2n) is 37.4. The van der Waals surface area contributed by atoms with Gasteiger partial charge >= 0.3 is 0 Å². The molecule has 0 amide bonds. The molecule has 0 N–H and O–H groups in total. The van der Waals surface area contributed by atoms with Gasteiger partial charge in [-0.1, -0.05) is 450 Å². The zero-order valence-electron chi connectivity index (χ0n) is 73.6. The van der Waals surface area contributed by atoms with Crippen molar-refractivity contribution < 1.29 is 0 Å². The zero-order valence-corrected chi connectivity index (χ0v) is 73.6. The van der Waals surface area contributed by atoms with Crippen LogP contribution in [-0.4, -0.2) is 0 Å². The lowest BCUT2D eigenvalue weighted by Gasteiger charge is -2.44. The van der Waals surface area contributed by atoms with Crippen molar-refractivity contribution in [2.24, 2.45) is 85.2 Å². The lowest BCUT2D eigenvalue weighted by molar-refractivity contribution is 0.0754. The highest BCUT2D eigenvalue weighted by Gasteiger charge is 2.37. The van der Waals surface area contributed by atoms with E-state index < -0.39 is 0 Å². The van der Waals surface area contributed by atoms with Gasteiger partial charge in [-0.05, 0) is 143 Å². The quantitative estimate of drug-likeness (QED) is 0.264. The molecule has 0 aromatic rings. The maximum Gasteiger partial charge on any atom is -0.0297 e. The van der Waals surface area contributed by atoms with Gasteiger partial charge < -0.3 is 0 Å². The molecule has 0 atom stereocenters. The van der Waals surface area contributed by atoms with Gasteiger partial charge in [-0.15, -0.1) is 0 Å². The Hall–Kier alpha value is 0. The zero-order chi connectivity index (χ0) is 73.6. The molecule has 0 heteroatoms. The van der Waals surface area contributed by atoms with Gasteiger partial charge in [0.2, 0.25) is 0 Å². The van der Waals surface area contributed by atoms with Crippen LogP contribution in [0.3, 0.4) is 0 Å². The fourth-order valence-corrected chi connectivity index (χ4v) is 12.0. The van der Waals surface area contributed by atoms with Gasteiger partial charge in [-0.3, -0.25) is 0 Å². The fourth-order valence-electron chi connectivity index (χ4n) is 12.0. The van der Waals surface area contributed by atoms with Crippen molar-refractivity contribution in [1.29, 1.82) is 0 Å². The monoisotopic (exact) mass is 1290 g/mol. The highest BCUT2D eigenvalue weighted by Crippen LogP contribution is 2.49. The number of rotatable bonds is 3. The van der Waals surface area contributed by atoms with Crippen molar-refractivity contribution >= 4 is 0 Å². The van der Waals surface area contributed by atoms with Crippen molar-refractivity contribution in [2.45, 2.75) is 508 Å². The third-order valence-electron chi connectivity index (χ3n) is 18.7. The standard InChI is InChI=1S/C12H22.C11H22.C9H18.2C7H14.C6H12.2C6H14.2C5H12.2C4H10.C3H8.3C2H6/c1-11-5-9-12(10-6-11)7-3-2-4-8-12;1-9-6-10(2,3)8-11(4,5)7-9;1-8-4-6-9(2,3)7-5-8;1-7-5-3-2-4-6-7;1-2-7-5-3-4-6-7;1-6-4-2-3-5-6;2*1-5-6(2,3)4;1-5(2,3)4;1-4-5(2)3;1-4(2)3;1-3-4-2;1-3-2;3*1-2/h11H,2-10H2,1H3;9H,6-8H2,1-5H3;8H,4-7H2,1-3H3;2*7H,2-6H2,1H3;6H,2-5H2,1H3;2*5H2,1-4H3;1-4H3;5H,4H2,1-3H3;4H,1-3H3;3-4H2,1-2H3;3H2,1-2H3;3*1-2H3. The Labute approximate surface area is 590 Å². The van der Waals surface area contributed by atoms with Crippen molar-refractivity contribution in [3.8, 4) is 0 Å². The topological polar surface area (TPSA) is 0 Å². The van der Waals surface area contributed by atoms with Gasteiger partial charge in [0.25, 0.3) is 0 Å². The molecule has 0 saturated heterocycles. The summed E-state index contributed by atoms with van der Waals surface area (Å²) in [6.45, 7) is 89.0. The van der Waals surface area contributed by atoms with E-state index in [-0.39, 0.29) is 0 Å². The van der Waals surface area contributed by atoms with E-state index in [0.717, 1.165) is 52.8 Å². The first-order valence-electron chi connectivity index (χ1n) is 41.9. The van der Waals surface area contributed by atoms with Gasteiger partial charge in [-0.25, -0.2) is 0 Å². The maximum atomic E-state index is 2.43. The first kappa shape index (κ1) is 110. The Morgan fingerprint density at radius 3 is 0.747 bits per heavy atom. The number of hydrogen-bond donors (Lipinski definition) is 0. The summed E-state index contributed by atoms with van der Waals surface area (Å²) < 4.78 is 0. The minimum atomic E-state index is 0.500. The second kappa shape index (κ2) is 68.5. The van der Waals surface area contributed by atoms with E-state index >= 15 is 0 Å². The summed E-state index contributed by atoms with van der Waals surface area (Å²) in [4.78, 5) is 0. The van der Waals surface area contributed by atoms with Gasteiger partial charge in [0.1, 0.15) is 0 Å². The predicted molar refractivity (Wildman–Crippen MR) is 438 cm³/mol. The summed E-state index contributed by atoms with van der Waals surface area (Å²) in [6, 6.07) is 0. The van der Waals surface area contributed by atoms with Crippen LogP contribution in [-0.2, 0) is 0 Å². The average molecular weight is 1290 g/mol. The molecule has 0 unspecified atom stereocenters. The highest BCUT2D eigenvalue weighted by molar-refractivity contribution is 4.88. The molecule has 1 spiro atoms. The molecular weight excluding hydrogens is 1090 g/mol. The fraction of sp³-hybridized carbons (Fsp3) is 1.00. The summed E-state index contributed by atoms with van der Waals surface area (Å²) in [5, 5.41) is 0. The predicted octanol–water partition coefficient (Wildman–Crippen LogP) is 35.6. The molecule has 0 nitrogen and oxygen atoms in total. The van der Waals surface area contributed by atoms with Crippen molar-refractivity contribution in [2.75, 3.05) is 0 Å². The molecule has 7 aliphatic carbocycles. The van der Waals surface area contributed by atoms with Crippen molar-refractivity contribution in [3.05, 3.63) is 0 Å². The molecule has 0 aromatic heterocycles. The van der Waals surface area contributed by atoms with Gasteiger partial charge in [0.05, 0.1) is 0 Å². The molecular formula is C91H200. The molecule has 0 heterocycles. The Morgan fingerprint density at radius 2 is 0.571 bits per heavy atom. The first-order valence-corrected chi connectivity index (χ1v) is 41.9. The van der Waals surface area contributed by atoms with Crippen LogP contribution in [0.25, 0.3) is 0 Å². The minimum Gasteiger partial charge on any atom is -0.0683 e. The summed E-state index contributed by atoms with van der Waals surface area (Å²) in [5.41, 5.74) is 4.25. The Kier molecular flexibility index (Phi) is 82.5. The van der Waals surface area contributed by atoms with Gasteiger partial charge in [0.15, 0.2) is 0 Å². The molecule has 0 bridgehead atoms. The van der Waals surface area contributed by atoms with Crippen LogP contribution in [0.4, 0.5) is 0 Å². The van der Waals surface area contributed by atoms with Crippen molar-refractivity contribution in [3.63, 3.8) is 0 Å². The molecule has 7 fully saturated rings. The van der Waals surface area contributed by atoms with Crippen molar-refractivity contribution in [1.82, 2.24) is 0 Å². The molecule has 91 heavy (non-hydrogen) atoms. The number of hydrogen-bond acceptors (Lipinski definition) is 0. The van der Waals surface area contributed by atoms with Crippen LogP contribution >= 0.6 is 0 Å². The highest BCUT2D eigenvalue weighted by atomic mass is 14.4. The molecule has 0 aliphatic heterocycles. The van der Waals surface area contributed by atoms with E-state index in [1.165, 1.54) is 205 Å². The summed E-state index contributed by atoms with van der Waals surface area (Å²) in [5.74, 6) is 7.85. The van der Waals surface area contributed by atoms with E-state index in [1.54, 1.807) is 25.7 Å². The van der Waals surface area contributed by atoms with E-state index in [4.69, 9.17) is 0 Å². The minimum absolute atomic E-state index is 0.500. The molecule has 0 radical (unpaired) electrons. The molecule has 0 aromatic carbocycles. The van der Waals surface area contributed by atoms with Crippen LogP contribution in [0, 0.1) is 85.2 Å². The molecule has 7 rings (SSSR count). The van der Waals surface area contributed by atoms with Gasteiger partial charge in [0, 0.05) is 0 Å². The average Bonchev–Trinajstić information content (AvgIpc) is 2.27. The van der Waals surface area contributed by atoms with Crippen LogP contribution < -0.4 is 0 Å². The van der Waals surface area contributed by atoms with E-state index in [1.807, 2.05) is 41.5 Å². The molecule has 7 saturated carbocycles. The lowest BCUT2D eigenvalue weighted by atomic mass is 9.62. The largest absolute Gasteiger partial charge is 0.0683 e. The summed E-state index contributed by atoms with van der Waals surface area (Å²) in [6.07, 6.45) is 52.3. The number of unbranched alkanes of at least 4 members (excludes halogenated alkanes) is 1. The summed E-state index contributed by atoms with van der Waals surface area (Å²) in [7, 11) is 0. The second-order valence-corrected chi connectivity index (χ2v) is 37.4. The van der Waals surface area contributed by atoms with Crippen LogP contribution in [0.15, 0.2) is 0 Å². The lowest BCUT2D eigenvalue weighted by Crippen LogP contribution is -2.32.